The van der Waals surface area contributed by atoms with Gasteiger partial charge in [-0.25, -0.2) is 0 Å². The van der Waals surface area contributed by atoms with E-state index in [1.54, 1.807) is 13.2 Å². The summed E-state index contributed by atoms with van der Waals surface area (Å²) in [5, 5.41) is 2.81. The molecule has 1 N–H and O–H groups in total. The van der Waals surface area contributed by atoms with Crippen LogP contribution >= 0.6 is 0 Å². The van der Waals surface area contributed by atoms with Crippen molar-refractivity contribution in [3.8, 4) is 0 Å². The van der Waals surface area contributed by atoms with Crippen LogP contribution in [-0.4, -0.2) is 19.6 Å². The van der Waals surface area contributed by atoms with E-state index in [0.29, 0.717) is 17.9 Å². The molecule has 0 bridgehead atoms. The Balaban J connectivity index is 2.13. The topological polar surface area (TPSA) is 47.6 Å². The zero-order valence-corrected chi connectivity index (χ0v) is 9.32. The molecule has 0 saturated carbocycles. The van der Waals surface area contributed by atoms with E-state index in [4.69, 9.17) is 9.47 Å². The number of ether oxygens (including phenoxy) is 2. The third-order valence-electron chi connectivity index (χ3n) is 2.84. The Labute approximate surface area is 98.5 Å². The molecule has 4 nitrogen and oxygen atoms in total. The first-order valence-corrected chi connectivity index (χ1v) is 5.32. The van der Waals surface area contributed by atoms with Crippen LogP contribution in [0.15, 0.2) is 41.9 Å². The van der Waals surface area contributed by atoms with Crippen LogP contribution in [0.4, 0.5) is 5.69 Å². The maximum Gasteiger partial charge on any atom is 0.260 e. The van der Waals surface area contributed by atoms with Gasteiger partial charge >= 0.3 is 0 Å². The van der Waals surface area contributed by atoms with E-state index in [2.05, 4.69) is 5.32 Å². The maximum absolute atomic E-state index is 11.9. The van der Waals surface area contributed by atoms with E-state index in [9.17, 15) is 4.79 Å². The van der Waals surface area contributed by atoms with Gasteiger partial charge in [0, 0.05) is 17.3 Å². The standard InChI is InChI=1S/C13H11NO3/c1-16-8-6-11(17-7-8)12-9-4-2-3-5-10(9)14-13(12)15/h2-6H,7H2,1H3,(H,14,15). The second-order valence-electron chi connectivity index (χ2n) is 3.84. The summed E-state index contributed by atoms with van der Waals surface area (Å²) in [4.78, 5) is 11.9. The first-order valence-electron chi connectivity index (χ1n) is 5.32. The van der Waals surface area contributed by atoms with E-state index < -0.39 is 0 Å². The van der Waals surface area contributed by atoms with Gasteiger partial charge in [-0.3, -0.25) is 4.79 Å². The number of benzene rings is 1. The number of methoxy groups -OCH3 is 1. The summed E-state index contributed by atoms with van der Waals surface area (Å²) < 4.78 is 10.6. The van der Waals surface area contributed by atoms with Crippen molar-refractivity contribution < 1.29 is 14.3 Å². The van der Waals surface area contributed by atoms with Crippen molar-refractivity contribution >= 4 is 17.2 Å². The molecular weight excluding hydrogens is 218 g/mol. The minimum absolute atomic E-state index is 0.130. The first kappa shape index (κ1) is 9.96. The SMILES string of the molecule is COC1=CC(=C2C(=O)Nc3ccccc32)OC1. The van der Waals surface area contributed by atoms with Crippen molar-refractivity contribution in [2.24, 2.45) is 0 Å². The van der Waals surface area contributed by atoms with Gasteiger partial charge in [-0.15, -0.1) is 0 Å². The summed E-state index contributed by atoms with van der Waals surface area (Å²) >= 11 is 0. The number of para-hydroxylation sites is 1. The molecule has 0 saturated heterocycles. The summed E-state index contributed by atoms with van der Waals surface area (Å²) in [6, 6.07) is 7.56. The van der Waals surface area contributed by atoms with Gasteiger partial charge in [0.15, 0.2) is 0 Å². The summed E-state index contributed by atoms with van der Waals surface area (Å²) in [6.07, 6.45) is 1.76. The lowest BCUT2D eigenvalue weighted by molar-refractivity contribution is -0.110. The molecule has 1 amide bonds. The fourth-order valence-electron chi connectivity index (χ4n) is 2.00. The Kier molecular flexibility index (Phi) is 2.14. The summed E-state index contributed by atoms with van der Waals surface area (Å²) in [7, 11) is 1.59. The quantitative estimate of drug-likeness (QED) is 0.748. The molecule has 1 aromatic carbocycles. The summed E-state index contributed by atoms with van der Waals surface area (Å²) in [5.41, 5.74) is 2.27. The number of allylic oxidation sites excluding steroid dienone is 1. The number of hydrogen-bond acceptors (Lipinski definition) is 3. The van der Waals surface area contributed by atoms with Crippen molar-refractivity contribution in [3.05, 3.63) is 47.4 Å². The molecule has 17 heavy (non-hydrogen) atoms. The largest absolute Gasteiger partial charge is 0.497 e. The number of carbonyl (C=O) groups is 1. The maximum atomic E-state index is 11.9. The van der Waals surface area contributed by atoms with Crippen molar-refractivity contribution in [3.63, 3.8) is 0 Å². The molecule has 0 unspecified atom stereocenters. The average Bonchev–Trinajstić information content (AvgIpc) is 2.91. The predicted octanol–water partition coefficient (Wildman–Crippen LogP) is 1.91. The molecule has 2 aliphatic rings. The second kappa shape index (κ2) is 3.66. The fourth-order valence-corrected chi connectivity index (χ4v) is 2.00. The highest BCUT2D eigenvalue weighted by Crippen LogP contribution is 2.35. The van der Waals surface area contributed by atoms with Crippen LogP contribution in [0.2, 0.25) is 0 Å². The van der Waals surface area contributed by atoms with Crippen LogP contribution < -0.4 is 5.32 Å². The third kappa shape index (κ3) is 1.49. The van der Waals surface area contributed by atoms with Gasteiger partial charge < -0.3 is 14.8 Å². The van der Waals surface area contributed by atoms with Gasteiger partial charge in [0.1, 0.15) is 18.1 Å². The molecule has 0 aromatic heterocycles. The summed E-state index contributed by atoms with van der Waals surface area (Å²) in [6.45, 7) is 0.380. The lowest BCUT2D eigenvalue weighted by atomic mass is 10.1. The first-order chi connectivity index (χ1) is 8.29. The Bertz CT molecular complexity index is 558. The average molecular weight is 229 g/mol. The zero-order chi connectivity index (χ0) is 11.8. The van der Waals surface area contributed by atoms with E-state index in [0.717, 1.165) is 17.0 Å². The second-order valence-corrected chi connectivity index (χ2v) is 3.84. The van der Waals surface area contributed by atoms with Gasteiger partial charge in [0.2, 0.25) is 0 Å². The van der Waals surface area contributed by atoms with Crippen LogP contribution in [0, 0.1) is 0 Å². The van der Waals surface area contributed by atoms with E-state index in [1.165, 1.54) is 0 Å². The minimum Gasteiger partial charge on any atom is -0.497 e. The lowest BCUT2D eigenvalue weighted by Crippen LogP contribution is -2.05. The van der Waals surface area contributed by atoms with Crippen LogP contribution in [0.3, 0.4) is 0 Å². The fraction of sp³-hybridized carbons (Fsp3) is 0.154. The zero-order valence-electron chi connectivity index (χ0n) is 9.32. The summed E-state index contributed by atoms with van der Waals surface area (Å²) in [5.74, 6) is 1.17. The highest BCUT2D eigenvalue weighted by molar-refractivity contribution is 6.32. The molecule has 0 spiro atoms. The van der Waals surface area contributed by atoms with E-state index in [-0.39, 0.29) is 5.91 Å². The number of fused-ring (bicyclic) bond motifs is 1. The molecule has 0 atom stereocenters. The van der Waals surface area contributed by atoms with Crippen molar-refractivity contribution in [2.75, 3.05) is 19.0 Å². The molecule has 4 heteroatoms. The minimum atomic E-state index is -0.130. The highest BCUT2D eigenvalue weighted by Gasteiger charge is 2.29. The van der Waals surface area contributed by atoms with Gasteiger partial charge in [0.05, 0.1) is 12.7 Å². The van der Waals surface area contributed by atoms with Crippen molar-refractivity contribution in [2.45, 2.75) is 0 Å². The predicted molar refractivity (Wildman–Crippen MR) is 63.0 cm³/mol. The Morgan fingerprint density at radius 2 is 2.18 bits per heavy atom. The van der Waals surface area contributed by atoms with Gasteiger partial charge in [-0.2, -0.15) is 0 Å². The Morgan fingerprint density at radius 3 is 2.94 bits per heavy atom. The molecule has 3 rings (SSSR count). The number of carbonyl (C=O) groups excluding carboxylic acids is 1. The van der Waals surface area contributed by atoms with E-state index >= 15 is 0 Å². The smallest absolute Gasteiger partial charge is 0.260 e. The number of anilines is 1. The monoisotopic (exact) mass is 229 g/mol. The Morgan fingerprint density at radius 1 is 1.35 bits per heavy atom. The number of amides is 1. The van der Waals surface area contributed by atoms with Crippen molar-refractivity contribution in [1.82, 2.24) is 0 Å². The molecular formula is C13H11NO3. The Hall–Kier alpha value is -2.23. The molecule has 0 fully saturated rings. The molecule has 0 radical (unpaired) electrons. The normalized spacial score (nSPS) is 21.7. The lowest BCUT2D eigenvalue weighted by Gasteiger charge is -2.01. The van der Waals surface area contributed by atoms with Crippen LogP contribution in [-0.2, 0) is 14.3 Å². The van der Waals surface area contributed by atoms with Crippen LogP contribution in [0.1, 0.15) is 5.56 Å². The molecule has 2 heterocycles. The van der Waals surface area contributed by atoms with Gasteiger partial charge in [-0.1, -0.05) is 18.2 Å². The van der Waals surface area contributed by atoms with Gasteiger partial charge in [0.25, 0.3) is 5.91 Å². The molecule has 2 aliphatic heterocycles. The molecule has 1 aromatic rings. The van der Waals surface area contributed by atoms with Crippen molar-refractivity contribution in [1.29, 1.82) is 0 Å². The third-order valence-corrected chi connectivity index (χ3v) is 2.84. The van der Waals surface area contributed by atoms with Crippen LogP contribution in [0.25, 0.3) is 5.57 Å². The van der Waals surface area contributed by atoms with Crippen LogP contribution in [0.5, 0.6) is 0 Å². The van der Waals surface area contributed by atoms with Gasteiger partial charge in [-0.05, 0) is 6.07 Å². The highest BCUT2D eigenvalue weighted by atomic mass is 16.5. The van der Waals surface area contributed by atoms with E-state index in [1.807, 2.05) is 24.3 Å². The number of hydrogen-bond donors (Lipinski definition) is 1. The molecule has 0 aliphatic carbocycles. The molecule has 86 valence electrons. The number of nitrogens with one attached hydrogen (secondary N) is 1. The number of rotatable bonds is 1.